The number of methoxy groups -OCH3 is 1. The van der Waals surface area contributed by atoms with E-state index in [9.17, 15) is 4.79 Å². The minimum Gasteiger partial charge on any atom is -0.481 e. The second-order valence-electron chi connectivity index (χ2n) is 6.51. The quantitative estimate of drug-likeness (QED) is 0.851. The number of hydrogen-bond donors (Lipinski definition) is 0. The lowest BCUT2D eigenvalue weighted by molar-refractivity contribution is 0.0728. The summed E-state index contributed by atoms with van der Waals surface area (Å²) in [7, 11) is 3.52. The summed E-state index contributed by atoms with van der Waals surface area (Å²) in [5.41, 5.74) is 2.49. The van der Waals surface area contributed by atoms with E-state index in [0.717, 1.165) is 41.5 Å². The molecular weight excluding hydrogens is 324 g/mol. The van der Waals surface area contributed by atoms with Crippen LogP contribution in [-0.4, -0.2) is 39.2 Å². The molecule has 0 spiro atoms. The third-order valence-electron chi connectivity index (χ3n) is 4.49. The number of nitrogens with zero attached hydrogens (tertiary/aromatic N) is 4. The van der Waals surface area contributed by atoms with E-state index in [2.05, 4.69) is 23.9 Å². The number of aryl methyl sites for hydroxylation is 2. The van der Waals surface area contributed by atoms with Crippen molar-refractivity contribution in [3.05, 3.63) is 27.3 Å². The van der Waals surface area contributed by atoms with Crippen LogP contribution < -0.4 is 4.74 Å². The van der Waals surface area contributed by atoms with Crippen molar-refractivity contribution in [1.82, 2.24) is 19.7 Å². The van der Waals surface area contributed by atoms with E-state index < -0.39 is 0 Å². The molecule has 1 atom stereocenters. The first-order chi connectivity index (χ1) is 11.4. The number of thiazole rings is 1. The molecule has 0 aliphatic carbocycles. The van der Waals surface area contributed by atoms with Gasteiger partial charge in [0.2, 0.25) is 5.88 Å². The van der Waals surface area contributed by atoms with Crippen molar-refractivity contribution in [2.24, 2.45) is 7.05 Å². The maximum absolute atomic E-state index is 13.0. The maximum atomic E-state index is 13.0. The van der Waals surface area contributed by atoms with E-state index in [0.29, 0.717) is 11.6 Å². The highest BCUT2D eigenvalue weighted by Crippen LogP contribution is 2.39. The number of hydrogen-bond acceptors (Lipinski definition) is 5. The first kappa shape index (κ1) is 17.0. The smallest absolute Gasteiger partial charge is 0.273 e. The van der Waals surface area contributed by atoms with Crippen LogP contribution in [0.5, 0.6) is 5.88 Å². The van der Waals surface area contributed by atoms with Crippen LogP contribution in [0.4, 0.5) is 0 Å². The van der Waals surface area contributed by atoms with Crippen molar-refractivity contribution >= 4 is 17.2 Å². The van der Waals surface area contributed by atoms with Gasteiger partial charge in [-0.3, -0.25) is 4.79 Å². The van der Waals surface area contributed by atoms with Crippen LogP contribution in [0.3, 0.4) is 0 Å². The Bertz CT molecular complexity index is 750. The highest BCUT2D eigenvalue weighted by molar-refractivity contribution is 7.09. The molecular formula is C17H24N4O2S. The predicted octanol–water partition coefficient (Wildman–Crippen LogP) is 3.29. The molecule has 7 heteroatoms. The Morgan fingerprint density at radius 2 is 2.21 bits per heavy atom. The molecule has 0 unspecified atom stereocenters. The first-order valence-corrected chi connectivity index (χ1v) is 9.15. The largest absolute Gasteiger partial charge is 0.481 e. The zero-order chi connectivity index (χ0) is 17.4. The monoisotopic (exact) mass is 348 g/mol. The van der Waals surface area contributed by atoms with Crippen molar-refractivity contribution in [2.75, 3.05) is 13.7 Å². The van der Waals surface area contributed by atoms with Crippen LogP contribution in [0.2, 0.25) is 0 Å². The van der Waals surface area contributed by atoms with Crippen LogP contribution in [-0.2, 0) is 7.05 Å². The number of rotatable bonds is 4. The number of likely N-dealkylation sites (tertiary alicyclic amines) is 1. The second kappa shape index (κ2) is 6.55. The van der Waals surface area contributed by atoms with Crippen molar-refractivity contribution in [1.29, 1.82) is 0 Å². The molecule has 3 rings (SSSR count). The zero-order valence-electron chi connectivity index (χ0n) is 14.9. The Hall–Kier alpha value is -1.89. The molecule has 3 heterocycles. The first-order valence-electron chi connectivity index (χ1n) is 8.27. The Morgan fingerprint density at radius 3 is 2.83 bits per heavy atom. The molecule has 0 bridgehead atoms. The lowest BCUT2D eigenvalue weighted by Crippen LogP contribution is -2.31. The third kappa shape index (κ3) is 2.81. The average Bonchev–Trinajstić information content (AvgIpc) is 3.24. The van der Waals surface area contributed by atoms with Gasteiger partial charge in [-0.1, -0.05) is 13.8 Å². The molecule has 0 radical (unpaired) electrons. The molecule has 1 aliphatic heterocycles. The molecule has 24 heavy (non-hydrogen) atoms. The third-order valence-corrected chi connectivity index (χ3v) is 5.63. The van der Waals surface area contributed by atoms with Crippen molar-refractivity contribution in [3.8, 4) is 5.88 Å². The summed E-state index contributed by atoms with van der Waals surface area (Å²) in [6, 6.07) is 0.00495. The van der Waals surface area contributed by atoms with Gasteiger partial charge >= 0.3 is 0 Å². The molecule has 1 amide bonds. The molecule has 1 saturated heterocycles. The Labute approximate surface area is 146 Å². The van der Waals surface area contributed by atoms with Gasteiger partial charge in [-0.05, 0) is 19.8 Å². The predicted molar refractivity (Wildman–Crippen MR) is 93.7 cm³/mol. The highest BCUT2D eigenvalue weighted by Gasteiger charge is 2.36. The number of aromatic nitrogens is 3. The number of carbonyl (C=O) groups is 1. The number of carbonyl (C=O) groups excluding carboxylic acids is 1. The van der Waals surface area contributed by atoms with E-state index in [1.54, 1.807) is 23.1 Å². The lowest BCUT2D eigenvalue weighted by Gasteiger charge is -2.24. The fourth-order valence-corrected chi connectivity index (χ4v) is 4.20. The molecule has 130 valence electrons. The van der Waals surface area contributed by atoms with E-state index >= 15 is 0 Å². The van der Waals surface area contributed by atoms with E-state index in [1.807, 2.05) is 24.3 Å². The summed E-state index contributed by atoms with van der Waals surface area (Å²) < 4.78 is 7.27. The summed E-state index contributed by atoms with van der Waals surface area (Å²) in [5, 5.41) is 7.34. The summed E-state index contributed by atoms with van der Waals surface area (Å²) in [4.78, 5) is 19.4. The molecule has 2 aromatic heterocycles. The van der Waals surface area contributed by atoms with E-state index in [4.69, 9.17) is 4.74 Å². The van der Waals surface area contributed by atoms with Gasteiger partial charge in [0.05, 0.1) is 29.4 Å². The van der Waals surface area contributed by atoms with Crippen molar-refractivity contribution < 1.29 is 9.53 Å². The van der Waals surface area contributed by atoms with E-state index in [-0.39, 0.29) is 11.9 Å². The van der Waals surface area contributed by atoms with Crippen LogP contribution in [0.25, 0.3) is 0 Å². The zero-order valence-corrected chi connectivity index (χ0v) is 15.7. The summed E-state index contributed by atoms with van der Waals surface area (Å²) in [6.07, 6.45) is 1.91. The Kier molecular flexibility index (Phi) is 4.62. The Balaban J connectivity index is 1.92. The molecule has 0 aromatic carbocycles. The van der Waals surface area contributed by atoms with Gasteiger partial charge in [0, 0.05) is 24.9 Å². The molecule has 1 aliphatic rings. The summed E-state index contributed by atoms with van der Waals surface area (Å²) in [5.74, 6) is 1.08. The minimum absolute atomic E-state index is 0.00495. The standard InChI is InChI=1S/C17H24N4O2S/c1-10(2)15-18-12(9-24-15)16(22)21-8-6-7-13(21)14-11(3)19-20(4)17(14)23-5/h9-10,13H,6-8H2,1-5H3/t13-/m1/s1. The highest BCUT2D eigenvalue weighted by atomic mass is 32.1. The van der Waals surface area contributed by atoms with Crippen LogP contribution >= 0.6 is 11.3 Å². The molecule has 1 fully saturated rings. The van der Waals surface area contributed by atoms with Gasteiger partial charge in [0.15, 0.2) is 0 Å². The van der Waals surface area contributed by atoms with Gasteiger partial charge < -0.3 is 9.64 Å². The van der Waals surface area contributed by atoms with Gasteiger partial charge in [-0.25, -0.2) is 9.67 Å². The number of amides is 1. The SMILES string of the molecule is COc1c([C@H]2CCCN2C(=O)c2csc(C(C)C)n2)c(C)nn1C. The van der Waals surface area contributed by atoms with Crippen LogP contribution in [0.15, 0.2) is 5.38 Å². The van der Waals surface area contributed by atoms with Gasteiger partial charge in [-0.15, -0.1) is 11.3 Å². The summed E-state index contributed by atoms with van der Waals surface area (Å²) >= 11 is 1.56. The molecule has 0 N–H and O–H groups in total. The van der Waals surface area contributed by atoms with Crippen molar-refractivity contribution in [3.63, 3.8) is 0 Å². The van der Waals surface area contributed by atoms with Gasteiger partial charge in [-0.2, -0.15) is 5.10 Å². The molecule has 6 nitrogen and oxygen atoms in total. The van der Waals surface area contributed by atoms with Crippen LogP contribution in [0.1, 0.15) is 65.4 Å². The maximum Gasteiger partial charge on any atom is 0.273 e. The summed E-state index contributed by atoms with van der Waals surface area (Å²) in [6.45, 7) is 6.90. The average molecular weight is 348 g/mol. The Morgan fingerprint density at radius 1 is 1.46 bits per heavy atom. The number of ether oxygens (including phenoxy) is 1. The normalized spacial score (nSPS) is 17.8. The van der Waals surface area contributed by atoms with Crippen molar-refractivity contribution in [2.45, 2.75) is 45.6 Å². The van der Waals surface area contributed by atoms with Gasteiger partial charge in [0.25, 0.3) is 5.91 Å². The lowest BCUT2D eigenvalue weighted by atomic mass is 10.0. The van der Waals surface area contributed by atoms with Crippen LogP contribution in [0, 0.1) is 6.92 Å². The van der Waals surface area contributed by atoms with Gasteiger partial charge in [0.1, 0.15) is 5.69 Å². The second-order valence-corrected chi connectivity index (χ2v) is 7.40. The molecule has 2 aromatic rings. The fourth-order valence-electron chi connectivity index (χ4n) is 3.39. The fraction of sp³-hybridized carbons (Fsp3) is 0.588. The minimum atomic E-state index is 0.00495. The molecule has 0 saturated carbocycles. The van der Waals surface area contributed by atoms with E-state index in [1.165, 1.54) is 0 Å². The topological polar surface area (TPSA) is 60.2 Å².